The van der Waals surface area contributed by atoms with Crippen molar-refractivity contribution in [3.05, 3.63) is 0 Å². The molecule has 0 spiro atoms. The molecule has 26 valence electrons. The fourth-order valence-corrected chi connectivity index (χ4v) is 0. The SMILES string of the molecule is CC=O.[MgH2].[Ti]. The summed E-state index contributed by atoms with van der Waals surface area (Å²) in [6.45, 7) is 1.44. The van der Waals surface area contributed by atoms with Crippen molar-refractivity contribution in [1.82, 2.24) is 0 Å². The molecule has 0 aliphatic heterocycles. The van der Waals surface area contributed by atoms with Crippen LogP contribution in [0, 0.1) is 0 Å². The molecule has 0 aromatic carbocycles. The van der Waals surface area contributed by atoms with Crippen LogP contribution in [0.1, 0.15) is 6.92 Å². The van der Waals surface area contributed by atoms with Gasteiger partial charge in [-0.25, -0.2) is 0 Å². The second-order valence-corrected chi connectivity index (χ2v) is 0.236. The molecule has 0 rings (SSSR count). The smallest absolute Gasteiger partial charge is 0.304 e. The molecule has 0 aromatic heterocycles. The monoisotopic (exact) mass is 118 g/mol. The molecule has 0 aliphatic rings. The molecule has 0 heterocycles. The average molecular weight is 118 g/mol. The van der Waals surface area contributed by atoms with Gasteiger partial charge in [-0.05, 0) is 6.92 Å². The van der Waals surface area contributed by atoms with E-state index in [9.17, 15) is 0 Å². The number of rotatable bonds is 0. The van der Waals surface area contributed by atoms with Crippen molar-refractivity contribution in [2.24, 2.45) is 0 Å². The molecule has 5 heavy (non-hydrogen) atoms. The zero-order valence-electron chi connectivity index (χ0n) is 2.49. The normalized spacial score (nSPS) is 2.60. The molecule has 0 saturated carbocycles. The van der Waals surface area contributed by atoms with Gasteiger partial charge in [0.05, 0.1) is 0 Å². The molecule has 0 amide bonds. The van der Waals surface area contributed by atoms with E-state index in [1.807, 2.05) is 0 Å². The minimum absolute atomic E-state index is 0. The van der Waals surface area contributed by atoms with Crippen LogP contribution < -0.4 is 0 Å². The van der Waals surface area contributed by atoms with Gasteiger partial charge in [-0.15, -0.1) is 0 Å². The summed E-state index contributed by atoms with van der Waals surface area (Å²) in [5, 5.41) is 0. The number of aldehydes is 1. The Morgan fingerprint density at radius 2 is 1.60 bits per heavy atom. The Morgan fingerprint density at radius 1 is 1.60 bits per heavy atom. The quantitative estimate of drug-likeness (QED) is 0.303. The molecule has 0 atom stereocenters. The van der Waals surface area contributed by atoms with Gasteiger partial charge in [0.2, 0.25) is 0 Å². The molecule has 0 bridgehead atoms. The summed E-state index contributed by atoms with van der Waals surface area (Å²) in [5.41, 5.74) is 0. The second-order valence-electron chi connectivity index (χ2n) is 0.236. The molecule has 3 heteroatoms. The molecular formula is C2H6MgOTi. The number of hydrogen-bond acceptors (Lipinski definition) is 1. The van der Waals surface area contributed by atoms with Crippen LogP contribution in [0.2, 0.25) is 0 Å². The van der Waals surface area contributed by atoms with Crippen molar-refractivity contribution < 1.29 is 26.5 Å². The van der Waals surface area contributed by atoms with Gasteiger partial charge in [-0.3, -0.25) is 0 Å². The fraction of sp³-hybridized carbons (Fsp3) is 0.500. The summed E-state index contributed by atoms with van der Waals surface area (Å²) in [5.74, 6) is 0. The van der Waals surface area contributed by atoms with E-state index in [2.05, 4.69) is 0 Å². The van der Waals surface area contributed by atoms with Crippen molar-refractivity contribution in [1.29, 1.82) is 0 Å². The number of carbonyl (C=O) groups is 1. The minimum Gasteiger partial charge on any atom is -0.304 e. The Bertz CT molecular complexity index is 17.1. The van der Waals surface area contributed by atoms with Crippen LogP contribution in [-0.4, -0.2) is 29.3 Å². The molecule has 0 radical (unpaired) electrons. The molecular weight excluding hydrogens is 112 g/mol. The average Bonchev–Trinajstić information content (AvgIpc) is 0.918. The van der Waals surface area contributed by atoms with Gasteiger partial charge in [0, 0.05) is 21.7 Å². The summed E-state index contributed by atoms with van der Waals surface area (Å²) < 4.78 is 0. The predicted molar refractivity (Wildman–Crippen MR) is 20.3 cm³/mol. The van der Waals surface area contributed by atoms with Gasteiger partial charge in [0.1, 0.15) is 6.29 Å². The van der Waals surface area contributed by atoms with Crippen LogP contribution in [0.15, 0.2) is 0 Å². The molecule has 1 nitrogen and oxygen atoms in total. The van der Waals surface area contributed by atoms with Gasteiger partial charge in [0.15, 0.2) is 0 Å². The Labute approximate surface area is 62.5 Å². The zero-order chi connectivity index (χ0) is 2.71. The van der Waals surface area contributed by atoms with E-state index in [1.54, 1.807) is 0 Å². The van der Waals surface area contributed by atoms with Crippen LogP contribution in [0.4, 0.5) is 0 Å². The third-order valence-corrected chi connectivity index (χ3v) is 0. The first-order chi connectivity index (χ1) is 1.41. The van der Waals surface area contributed by atoms with E-state index >= 15 is 0 Å². The second kappa shape index (κ2) is 19.2. The number of hydrogen-bond donors (Lipinski definition) is 0. The van der Waals surface area contributed by atoms with Crippen LogP contribution in [-0.2, 0) is 26.5 Å². The zero-order valence-corrected chi connectivity index (χ0v) is 4.05. The van der Waals surface area contributed by atoms with Gasteiger partial charge in [0.25, 0.3) is 0 Å². The topological polar surface area (TPSA) is 17.1 Å². The first-order valence-electron chi connectivity index (χ1n) is 0.813. The van der Waals surface area contributed by atoms with Crippen molar-refractivity contribution in [2.45, 2.75) is 6.92 Å². The van der Waals surface area contributed by atoms with Crippen molar-refractivity contribution in [3.63, 3.8) is 0 Å². The first kappa shape index (κ1) is 16.4. The fourth-order valence-electron chi connectivity index (χ4n) is 0. The van der Waals surface area contributed by atoms with E-state index in [1.165, 1.54) is 6.92 Å². The van der Waals surface area contributed by atoms with Crippen molar-refractivity contribution >= 4 is 29.3 Å². The summed E-state index contributed by atoms with van der Waals surface area (Å²) in [6.07, 6.45) is 0.750. The van der Waals surface area contributed by atoms with Crippen LogP contribution in [0.3, 0.4) is 0 Å². The minimum atomic E-state index is 0. The van der Waals surface area contributed by atoms with Gasteiger partial charge in [-0.2, -0.15) is 0 Å². The number of carbonyl (C=O) groups excluding carboxylic acids is 1. The Hall–Kier alpha value is 1.15. The van der Waals surface area contributed by atoms with E-state index < -0.39 is 0 Å². The maximum Gasteiger partial charge on any atom is 0.316 e. The molecule has 0 aliphatic carbocycles. The molecule has 0 fully saturated rings. The Balaban J connectivity index is -0.0000000200. The van der Waals surface area contributed by atoms with E-state index in [0.29, 0.717) is 0 Å². The largest absolute Gasteiger partial charge is 0.316 e. The van der Waals surface area contributed by atoms with E-state index in [-0.39, 0.29) is 44.8 Å². The van der Waals surface area contributed by atoms with Crippen LogP contribution in [0.25, 0.3) is 0 Å². The van der Waals surface area contributed by atoms with E-state index in [4.69, 9.17) is 4.79 Å². The summed E-state index contributed by atoms with van der Waals surface area (Å²) >= 11 is 0. The van der Waals surface area contributed by atoms with Crippen molar-refractivity contribution in [3.8, 4) is 0 Å². The maximum atomic E-state index is 8.81. The van der Waals surface area contributed by atoms with E-state index in [0.717, 1.165) is 6.29 Å². The maximum absolute atomic E-state index is 8.81. The molecule has 0 aromatic rings. The molecule has 0 unspecified atom stereocenters. The van der Waals surface area contributed by atoms with Gasteiger partial charge >= 0.3 is 23.1 Å². The van der Waals surface area contributed by atoms with Crippen molar-refractivity contribution in [2.75, 3.05) is 0 Å². The van der Waals surface area contributed by atoms with Gasteiger partial charge in [-0.1, -0.05) is 0 Å². The Morgan fingerprint density at radius 3 is 1.60 bits per heavy atom. The van der Waals surface area contributed by atoms with Crippen LogP contribution >= 0.6 is 0 Å². The predicted octanol–water partition coefficient (Wildman–Crippen LogP) is -0.713. The molecule has 0 N–H and O–H groups in total. The third-order valence-electron chi connectivity index (χ3n) is 0. The standard InChI is InChI=1S/C2H4O.Mg.Ti.2H/c1-2-3;;;;/h2H,1H3;;;;. The summed E-state index contributed by atoms with van der Waals surface area (Å²) in [7, 11) is 0. The summed E-state index contributed by atoms with van der Waals surface area (Å²) in [4.78, 5) is 8.81. The van der Waals surface area contributed by atoms with Crippen LogP contribution in [0.5, 0.6) is 0 Å². The van der Waals surface area contributed by atoms with Gasteiger partial charge < -0.3 is 4.79 Å². The third kappa shape index (κ3) is 38.6. The summed E-state index contributed by atoms with van der Waals surface area (Å²) in [6, 6.07) is 0. The Kier molecular flexibility index (Phi) is 63.1. The molecule has 0 saturated heterocycles. The first-order valence-corrected chi connectivity index (χ1v) is 0.813.